The highest BCUT2D eigenvalue weighted by molar-refractivity contribution is 6.30. The molecular formula is C22H22ClFN4O2. The van der Waals surface area contributed by atoms with Crippen LogP contribution in [0.3, 0.4) is 0 Å². The Labute approximate surface area is 179 Å². The number of piperazine rings is 1. The lowest BCUT2D eigenvalue weighted by atomic mass is 10.1. The van der Waals surface area contributed by atoms with Gasteiger partial charge in [0.15, 0.2) is 0 Å². The second-order valence-electron chi connectivity index (χ2n) is 7.13. The maximum Gasteiger partial charge on any atom is 0.341 e. The van der Waals surface area contributed by atoms with Crippen molar-refractivity contribution in [3.63, 3.8) is 0 Å². The van der Waals surface area contributed by atoms with Crippen LogP contribution in [0.2, 0.25) is 5.02 Å². The topological polar surface area (TPSA) is 58.6 Å². The van der Waals surface area contributed by atoms with Gasteiger partial charge in [0.25, 0.3) is 0 Å². The van der Waals surface area contributed by atoms with Gasteiger partial charge in [-0.05, 0) is 37.3 Å². The van der Waals surface area contributed by atoms with Gasteiger partial charge in [0.1, 0.15) is 11.4 Å². The van der Waals surface area contributed by atoms with Gasteiger partial charge < -0.3 is 9.64 Å². The fourth-order valence-electron chi connectivity index (χ4n) is 3.71. The van der Waals surface area contributed by atoms with E-state index >= 15 is 0 Å². The number of fused-ring (bicyclic) bond motifs is 1. The van der Waals surface area contributed by atoms with Gasteiger partial charge in [0.05, 0.1) is 28.5 Å². The number of esters is 1. The summed E-state index contributed by atoms with van der Waals surface area (Å²) in [7, 11) is 0. The van der Waals surface area contributed by atoms with Gasteiger partial charge in [0, 0.05) is 50.5 Å². The summed E-state index contributed by atoms with van der Waals surface area (Å²) in [5, 5.41) is 1.24. The number of aromatic nitrogens is 2. The molecule has 0 saturated carbocycles. The summed E-state index contributed by atoms with van der Waals surface area (Å²) in [5.74, 6) is -0.807. The van der Waals surface area contributed by atoms with Crippen LogP contribution in [-0.2, 0) is 11.3 Å². The molecule has 2 aromatic heterocycles. The molecule has 1 aliphatic heterocycles. The molecule has 156 valence electrons. The Kier molecular flexibility index (Phi) is 6.11. The van der Waals surface area contributed by atoms with Crippen molar-refractivity contribution in [3.05, 3.63) is 64.8 Å². The van der Waals surface area contributed by atoms with Crippen LogP contribution < -0.4 is 4.90 Å². The molecule has 6 nitrogen and oxygen atoms in total. The van der Waals surface area contributed by atoms with E-state index in [1.807, 2.05) is 12.1 Å². The molecule has 3 heterocycles. The van der Waals surface area contributed by atoms with Crippen LogP contribution in [0.15, 0.2) is 42.7 Å². The minimum atomic E-state index is -0.445. The van der Waals surface area contributed by atoms with Gasteiger partial charge in [0.2, 0.25) is 0 Å². The van der Waals surface area contributed by atoms with Gasteiger partial charge in [-0.2, -0.15) is 0 Å². The predicted octanol–water partition coefficient (Wildman–Crippen LogP) is 3.92. The van der Waals surface area contributed by atoms with Gasteiger partial charge >= 0.3 is 5.97 Å². The molecule has 0 N–H and O–H groups in total. The van der Waals surface area contributed by atoms with Gasteiger partial charge in [-0.15, -0.1) is 0 Å². The van der Waals surface area contributed by atoms with E-state index in [0.29, 0.717) is 40.3 Å². The molecule has 3 aromatic rings. The van der Waals surface area contributed by atoms with E-state index in [0.717, 1.165) is 25.3 Å². The number of ether oxygens (including phenoxy) is 1. The molecule has 0 bridgehead atoms. The fraction of sp³-hybridized carbons (Fsp3) is 0.318. The number of pyridine rings is 2. The molecule has 30 heavy (non-hydrogen) atoms. The maximum absolute atomic E-state index is 14.0. The van der Waals surface area contributed by atoms with Crippen molar-refractivity contribution < 1.29 is 13.9 Å². The highest BCUT2D eigenvalue weighted by Gasteiger charge is 2.25. The molecule has 0 unspecified atom stereocenters. The summed E-state index contributed by atoms with van der Waals surface area (Å²) in [6.07, 6.45) is 3.17. The molecule has 1 fully saturated rings. The zero-order valence-corrected chi connectivity index (χ0v) is 17.4. The summed E-state index contributed by atoms with van der Waals surface area (Å²) in [4.78, 5) is 25.7. The van der Waals surface area contributed by atoms with E-state index in [4.69, 9.17) is 16.3 Å². The van der Waals surface area contributed by atoms with Gasteiger partial charge in [-0.3, -0.25) is 14.9 Å². The average molecular weight is 429 g/mol. The van der Waals surface area contributed by atoms with Crippen LogP contribution in [-0.4, -0.2) is 53.6 Å². The molecule has 0 aliphatic carbocycles. The van der Waals surface area contributed by atoms with Gasteiger partial charge in [-0.1, -0.05) is 11.6 Å². The SMILES string of the molecule is CCOC(=O)c1cnc2ccc(F)cc2c1N1CCN(Cc2ccc(Cl)cn2)CC1. The Balaban J connectivity index is 1.59. The third-order valence-electron chi connectivity index (χ3n) is 5.16. The van der Waals surface area contributed by atoms with Crippen molar-refractivity contribution in [1.82, 2.24) is 14.9 Å². The van der Waals surface area contributed by atoms with E-state index in [-0.39, 0.29) is 12.4 Å². The summed E-state index contributed by atoms with van der Waals surface area (Å²) in [5.41, 5.74) is 2.65. The molecule has 4 rings (SSSR count). The van der Waals surface area contributed by atoms with Crippen LogP contribution in [0, 0.1) is 5.82 Å². The normalized spacial score (nSPS) is 14.8. The van der Waals surface area contributed by atoms with Crippen molar-refractivity contribution in [2.75, 3.05) is 37.7 Å². The monoisotopic (exact) mass is 428 g/mol. The number of nitrogens with zero attached hydrogens (tertiary/aromatic N) is 4. The quantitative estimate of drug-likeness (QED) is 0.574. The van der Waals surface area contributed by atoms with Crippen LogP contribution in [0.5, 0.6) is 0 Å². The average Bonchev–Trinajstić information content (AvgIpc) is 2.75. The highest BCUT2D eigenvalue weighted by atomic mass is 35.5. The van der Waals surface area contributed by atoms with E-state index in [1.54, 1.807) is 19.2 Å². The van der Waals surface area contributed by atoms with Crippen molar-refractivity contribution in [1.29, 1.82) is 0 Å². The minimum Gasteiger partial charge on any atom is -0.462 e. The Morgan fingerprint density at radius 3 is 2.63 bits per heavy atom. The molecule has 0 spiro atoms. The second-order valence-corrected chi connectivity index (χ2v) is 7.57. The third kappa shape index (κ3) is 4.37. The zero-order chi connectivity index (χ0) is 21.1. The van der Waals surface area contributed by atoms with E-state index in [2.05, 4.69) is 19.8 Å². The third-order valence-corrected chi connectivity index (χ3v) is 5.38. The summed E-state index contributed by atoms with van der Waals surface area (Å²) in [6, 6.07) is 8.20. The molecule has 1 aromatic carbocycles. The largest absolute Gasteiger partial charge is 0.462 e. The molecule has 8 heteroatoms. The van der Waals surface area contributed by atoms with Gasteiger partial charge in [-0.25, -0.2) is 9.18 Å². The Hall–Kier alpha value is -2.77. The number of hydrogen-bond donors (Lipinski definition) is 0. The molecule has 1 aliphatic rings. The molecular weight excluding hydrogens is 407 g/mol. The first-order valence-corrected chi connectivity index (χ1v) is 10.3. The van der Waals surface area contributed by atoms with Crippen LogP contribution >= 0.6 is 11.6 Å². The highest BCUT2D eigenvalue weighted by Crippen LogP contribution is 2.32. The van der Waals surface area contributed by atoms with E-state index in [1.165, 1.54) is 18.3 Å². The molecule has 0 amide bonds. The van der Waals surface area contributed by atoms with Crippen molar-refractivity contribution in [2.24, 2.45) is 0 Å². The smallest absolute Gasteiger partial charge is 0.341 e. The Morgan fingerprint density at radius 1 is 1.13 bits per heavy atom. The van der Waals surface area contributed by atoms with E-state index < -0.39 is 5.97 Å². The number of halogens is 2. The fourth-order valence-corrected chi connectivity index (χ4v) is 3.82. The molecule has 0 atom stereocenters. The summed E-state index contributed by atoms with van der Waals surface area (Å²) < 4.78 is 19.2. The first-order valence-electron chi connectivity index (χ1n) is 9.88. The van der Waals surface area contributed by atoms with E-state index in [9.17, 15) is 9.18 Å². The maximum atomic E-state index is 14.0. The second kappa shape index (κ2) is 8.93. The Morgan fingerprint density at radius 2 is 1.93 bits per heavy atom. The van der Waals surface area contributed by atoms with Crippen molar-refractivity contribution in [2.45, 2.75) is 13.5 Å². The van der Waals surface area contributed by atoms with Crippen LogP contribution in [0.4, 0.5) is 10.1 Å². The van der Waals surface area contributed by atoms with Crippen LogP contribution in [0.25, 0.3) is 10.9 Å². The molecule has 1 saturated heterocycles. The summed E-state index contributed by atoms with van der Waals surface area (Å²) >= 11 is 5.91. The lowest BCUT2D eigenvalue weighted by Gasteiger charge is -2.37. The Bertz CT molecular complexity index is 1050. The number of anilines is 1. The number of rotatable bonds is 5. The summed E-state index contributed by atoms with van der Waals surface area (Å²) in [6.45, 7) is 5.70. The first kappa shape index (κ1) is 20.5. The molecule has 0 radical (unpaired) electrons. The first-order chi connectivity index (χ1) is 14.5. The number of hydrogen-bond acceptors (Lipinski definition) is 6. The number of benzene rings is 1. The minimum absolute atomic E-state index is 0.265. The van der Waals surface area contributed by atoms with Crippen LogP contribution in [0.1, 0.15) is 23.0 Å². The lowest BCUT2D eigenvalue weighted by Crippen LogP contribution is -2.46. The standard InChI is InChI=1S/C22H22ClFN4O2/c1-2-30-22(29)19-13-26-20-6-4-16(24)11-18(20)21(19)28-9-7-27(8-10-28)14-17-5-3-15(23)12-25-17/h3-6,11-13H,2,7-10,14H2,1H3. The van der Waals surface area contributed by atoms with Crippen molar-refractivity contribution >= 4 is 34.2 Å². The predicted molar refractivity (Wildman–Crippen MR) is 114 cm³/mol. The number of carbonyl (C=O) groups is 1. The zero-order valence-electron chi connectivity index (χ0n) is 16.6. The lowest BCUT2D eigenvalue weighted by molar-refractivity contribution is 0.0526. The number of carbonyl (C=O) groups excluding carboxylic acids is 1. The van der Waals surface area contributed by atoms with Crippen molar-refractivity contribution in [3.8, 4) is 0 Å².